The van der Waals surface area contributed by atoms with Crippen molar-refractivity contribution in [1.29, 1.82) is 0 Å². The minimum Gasteiger partial charge on any atom is -0.357 e. The first-order chi connectivity index (χ1) is 5.70. The highest BCUT2D eigenvalue weighted by Gasteiger charge is 2.16. The highest BCUT2D eigenvalue weighted by atomic mass is 32.2. The molecule has 1 heterocycles. The molecule has 0 bridgehead atoms. The van der Waals surface area contributed by atoms with E-state index in [1.54, 1.807) is 0 Å². The van der Waals surface area contributed by atoms with E-state index in [4.69, 9.17) is 12.2 Å². The van der Waals surface area contributed by atoms with Crippen LogP contribution in [0.15, 0.2) is 0 Å². The molecule has 0 aromatic rings. The van der Waals surface area contributed by atoms with E-state index in [-0.39, 0.29) is 0 Å². The van der Waals surface area contributed by atoms with E-state index in [1.807, 2.05) is 11.8 Å². The van der Waals surface area contributed by atoms with Crippen LogP contribution >= 0.6 is 24.0 Å². The topological polar surface area (TPSA) is 3.24 Å². The average molecular weight is 203 g/mol. The van der Waals surface area contributed by atoms with Gasteiger partial charge in [0.15, 0.2) is 0 Å². The normalized spacial score (nSPS) is 17.9. The highest BCUT2D eigenvalue weighted by molar-refractivity contribution is 8.23. The number of thiocarbonyl (C=S) groups is 1. The molecule has 0 aromatic heterocycles. The number of hydrogen-bond acceptors (Lipinski definition) is 2. The summed E-state index contributed by atoms with van der Waals surface area (Å²) in [4.78, 5) is 2.34. The van der Waals surface area contributed by atoms with E-state index < -0.39 is 0 Å². The monoisotopic (exact) mass is 203 g/mol. The summed E-state index contributed by atoms with van der Waals surface area (Å²) in [6, 6.07) is 0. The lowest BCUT2D eigenvalue weighted by molar-refractivity contribution is 0.423. The lowest BCUT2D eigenvalue weighted by atomic mass is 10.1. The molecule has 0 unspecified atom stereocenters. The summed E-state index contributed by atoms with van der Waals surface area (Å²) in [6.45, 7) is 6.89. The van der Waals surface area contributed by atoms with Crippen molar-refractivity contribution >= 4 is 28.3 Å². The van der Waals surface area contributed by atoms with Crippen molar-refractivity contribution in [2.45, 2.75) is 26.7 Å². The highest BCUT2D eigenvalue weighted by Crippen LogP contribution is 2.18. The van der Waals surface area contributed by atoms with Crippen LogP contribution in [0.3, 0.4) is 0 Å². The Hall–Kier alpha value is 0.240. The second-order valence-electron chi connectivity index (χ2n) is 3.64. The molecule has 0 radical (unpaired) electrons. The van der Waals surface area contributed by atoms with Crippen molar-refractivity contribution in [2.75, 3.05) is 18.8 Å². The number of nitrogens with zero attached hydrogens (tertiary/aromatic N) is 1. The Morgan fingerprint density at radius 2 is 2.33 bits per heavy atom. The van der Waals surface area contributed by atoms with Crippen LogP contribution in [0.2, 0.25) is 0 Å². The van der Waals surface area contributed by atoms with Crippen LogP contribution in [-0.4, -0.2) is 28.1 Å². The van der Waals surface area contributed by atoms with E-state index in [2.05, 4.69) is 18.7 Å². The van der Waals surface area contributed by atoms with Crippen LogP contribution in [0.25, 0.3) is 0 Å². The molecule has 70 valence electrons. The van der Waals surface area contributed by atoms with Crippen molar-refractivity contribution in [2.24, 2.45) is 5.92 Å². The average Bonchev–Trinajstić information content (AvgIpc) is 2.36. The zero-order valence-electron chi connectivity index (χ0n) is 7.88. The SMILES string of the molecule is CC(C)CCCN1CCSC1=S. The van der Waals surface area contributed by atoms with Crippen molar-refractivity contribution in [3.05, 3.63) is 0 Å². The van der Waals surface area contributed by atoms with Gasteiger partial charge in [-0.25, -0.2) is 0 Å². The molecule has 0 spiro atoms. The Bertz CT molecular complexity index is 157. The van der Waals surface area contributed by atoms with E-state index in [1.165, 1.54) is 31.7 Å². The molecular formula is C9H17NS2. The minimum absolute atomic E-state index is 0.828. The van der Waals surface area contributed by atoms with Gasteiger partial charge in [0.25, 0.3) is 0 Å². The lowest BCUT2D eigenvalue weighted by Gasteiger charge is -2.16. The molecule has 12 heavy (non-hydrogen) atoms. The van der Waals surface area contributed by atoms with Crippen LogP contribution in [0, 0.1) is 5.92 Å². The Morgan fingerprint density at radius 1 is 1.58 bits per heavy atom. The lowest BCUT2D eigenvalue weighted by Crippen LogP contribution is -2.24. The van der Waals surface area contributed by atoms with Gasteiger partial charge in [-0.1, -0.05) is 37.8 Å². The van der Waals surface area contributed by atoms with E-state index in [0.29, 0.717) is 0 Å². The molecular weight excluding hydrogens is 186 g/mol. The second kappa shape index (κ2) is 5.07. The Kier molecular flexibility index (Phi) is 4.36. The van der Waals surface area contributed by atoms with E-state index in [9.17, 15) is 0 Å². The van der Waals surface area contributed by atoms with Crippen molar-refractivity contribution < 1.29 is 0 Å². The molecule has 1 fully saturated rings. The fourth-order valence-corrected chi connectivity index (χ4v) is 2.60. The van der Waals surface area contributed by atoms with E-state index >= 15 is 0 Å². The summed E-state index contributed by atoms with van der Waals surface area (Å²) < 4.78 is 1.11. The van der Waals surface area contributed by atoms with Crippen molar-refractivity contribution in [3.8, 4) is 0 Å². The molecule has 1 rings (SSSR count). The molecule has 0 amide bonds. The quantitative estimate of drug-likeness (QED) is 0.647. The van der Waals surface area contributed by atoms with Crippen LogP contribution in [0.4, 0.5) is 0 Å². The molecule has 1 nitrogen and oxygen atoms in total. The number of thioether (sulfide) groups is 1. The predicted molar refractivity (Wildman–Crippen MR) is 60.7 cm³/mol. The van der Waals surface area contributed by atoms with Gasteiger partial charge in [-0.3, -0.25) is 0 Å². The Labute approximate surface area is 84.9 Å². The van der Waals surface area contributed by atoms with Crippen molar-refractivity contribution in [1.82, 2.24) is 4.90 Å². The molecule has 1 aliphatic heterocycles. The summed E-state index contributed by atoms with van der Waals surface area (Å²) >= 11 is 7.03. The van der Waals surface area contributed by atoms with Gasteiger partial charge < -0.3 is 4.90 Å². The van der Waals surface area contributed by atoms with Gasteiger partial charge in [0.05, 0.1) is 0 Å². The summed E-state index contributed by atoms with van der Waals surface area (Å²) in [5, 5.41) is 0. The number of hydrogen-bond donors (Lipinski definition) is 0. The second-order valence-corrected chi connectivity index (χ2v) is 5.37. The summed E-state index contributed by atoms with van der Waals surface area (Å²) in [5.74, 6) is 2.02. The summed E-state index contributed by atoms with van der Waals surface area (Å²) in [5.41, 5.74) is 0. The van der Waals surface area contributed by atoms with Gasteiger partial charge in [-0.2, -0.15) is 0 Å². The fourth-order valence-electron chi connectivity index (χ4n) is 1.32. The maximum absolute atomic E-state index is 5.21. The van der Waals surface area contributed by atoms with Crippen LogP contribution in [-0.2, 0) is 0 Å². The van der Waals surface area contributed by atoms with Gasteiger partial charge in [0.2, 0.25) is 0 Å². The first-order valence-corrected chi connectivity index (χ1v) is 6.01. The van der Waals surface area contributed by atoms with E-state index in [0.717, 1.165) is 10.2 Å². The van der Waals surface area contributed by atoms with Crippen LogP contribution in [0.1, 0.15) is 26.7 Å². The fraction of sp³-hybridized carbons (Fsp3) is 0.889. The van der Waals surface area contributed by atoms with Gasteiger partial charge in [0, 0.05) is 18.8 Å². The number of rotatable bonds is 4. The molecule has 3 heteroatoms. The first-order valence-electron chi connectivity index (χ1n) is 4.62. The maximum Gasteiger partial charge on any atom is 0.136 e. The molecule has 0 aliphatic carbocycles. The van der Waals surface area contributed by atoms with Gasteiger partial charge in [0.1, 0.15) is 4.32 Å². The molecule has 0 saturated carbocycles. The minimum atomic E-state index is 0.828. The largest absolute Gasteiger partial charge is 0.357 e. The van der Waals surface area contributed by atoms with Crippen molar-refractivity contribution in [3.63, 3.8) is 0 Å². The maximum atomic E-state index is 5.21. The molecule has 0 atom stereocenters. The Morgan fingerprint density at radius 3 is 2.83 bits per heavy atom. The third kappa shape index (κ3) is 3.31. The van der Waals surface area contributed by atoms with Crippen LogP contribution in [0.5, 0.6) is 0 Å². The van der Waals surface area contributed by atoms with Gasteiger partial charge in [-0.05, 0) is 18.8 Å². The molecule has 0 aromatic carbocycles. The predicted octanol–water partition coefficient (Wildman–Crippen LogP) is 2.76. The summed E-state index contributed by atoms with van der Waals surface area (Å²) in [6.07, 6.45) is 2.61. The zero-order valence-corrected chi connectivity index (χ0v) is 9.51. The third-order valence-corrected chi connectivity index (χ3v) is 3.56. The summed E-state index contributed by atoms with van der Waals surface area (Å²) in [7, 11) is 0. The first kappa shape index (κ1) is 10.3. The molecule has 1 saturated heterocycles. The van der Waals surface area contributed by atoms with Gasteiger partial charge in [-0.15, -0.1) is 0 Å². The molecule has 1 aliphatic rings. The van der Waals surface area contributed by atoms with Crippen LogP contribution < -0.4 is 0 Å². The Balaban J connectivity index is 2.10. The molecule has 0 N–H and O–H groups in total. The van der Waals surface area contributed by atoms with Gasteiger partial charge >= 0.3 is 0 Å². The zero-order chi connectivity index (χ0) is 8.97. The standard InChI is InChI=1S/C9H17NS2/c1-8(2)4-3-5-10-6-7-12-9(10)11/h8H,3-7H2,1-2H3. The smallest absolute Gasteiger partial charge is 0.136 e. The third-order valence-electron chi connectivity index (χ3n) is 2.05.